The van der Waals surface area contributed by atoms with Gasteiger partial charge >= 0.3 is 0 Å². The fraction of sp³-hybridized carbons (Fsp3) is 0.625. The number of rotatable bonds is 5. The van der Waals surface area contributed by atoms with Crippen LogP contribution in [0.5, 0.6) is 0 Å². The van der Waals surface area contributed by atoms with Crippen LogP contribution < -0.4 is 5.32 Å². The Balaban J connectivity index is 1.89. The second-order valence-corrected chi connectivity index (χ2v) is 5.57. The number of hydrogen-bond donors (Lipinski definition) is 1. The highest BCUT2D eigenvalue weighted by atomic mass is 14.9. The second-order valence-electron chi connectivity index (χ2n) is 5.57. The van der Waals surface area contributed by atoms with Gasteiger partial charge in [-0.05, 0) is 37.2 Å². The first-order valence-corrected chi connectivity index (χ1v) is 7.04. The number of hydrogen-bond acceptors (Lipinski definition) is 1. The molecule has 17 heavy (non-hydrogen) atoms. The highest BCUT2D eigenvalue weighted by Gasteiger charge is 2.31. The Morgan fingerprint density at radius 1 is 1.18 bits per heavy atom. The average molecular weight is 231 g/mol. The lowest BCUT2D eigenvalue weighted by atomic mass is 9.83. The van der Waals surface area contributed by atoms with Crippen LogP contribution in [-0.2, 0) is 0 Å². The molecular formula is C16H25N. The topological polar surface area (TPSA) is 12.0 Å². The van der Waals surface area contributed by atoms with Crippen LogP contribution in [0.1, 0.15) is 57.6 Å². The van der Waals surface area contributed by atoms with Gasteiger partial charge in [0, 0.05) is 12.6 Å². The molecule has 0 heterocycles. The first-order chi connectivity index (χ1) is 8.26. The van der Waals surface area contributed by atoms with Crippen molar-refractivity contribution in [1.82, 2.24) is 5.32 Å². The van der Waals surface area contributed by atoms with Gasteiger partial charge in [-0.3, -0.25) is 0 Å². The van der Waals surface area contributed by atoms with Gasteiger partial charge in [0.25, 0.3) is 0 Å². The van der Waals surface area contributed by atoms with E-state index in [0.29, 0.717) is 11.5 Å². The molecule has 0 aliphatic heterocycles. The van der Waals surface area contributed by atoms with E-state index in [1.807, 2.05) is 0 Å². The first-order valence-electron chi connectivity index (χ1n) is 7.04. The molecule has 1 aliphatic rings. The van der Waals surface area contributed by atoms with E-state index in [4.69, 9.17) is 0 Å². The SMILES string of the molecule is CCC1(CNC(C)c2ccccc2)CCCC1. The maximum absolute atomic E-state index is 3.73. The van der Waals surface area contributed by atoms with Gasteiger partial charge in [0.2, 0.25) is 0 Å². The van der Waals surface area contributed by atoms with E-state index in [9.17, 15) is 0 Å². The van der Waals surface area contributed by atoms with Crippen LogP contribution in [0.3, 0.4) is 0 Å². The summed E-state index contributed by atoms with van der Waals surface area (Å²) in [7, 11) is 0. The fourth-order valence-electron chi connectivity index (χ4n) is 3.01. The lowest BCUT2D eigenvalue weighted by Gasteiger charge is -2.29. The molecule has 1 aliphatic carbocycles. The van der Waals surface area contributed by atoms with E-state index >= 15 is 0 Å². The Morgan fingerprint density at radius 2 is 1.82 bits per heavy atom. The fourth-order valence-corrected chi connectivity index (χ4v) is 3.01. The third-order valence-electron chi connectivity index (χ3n) is 4.50. The van der Waals surface area contributed by atoms with Crippen molar-refractivity contribution in [2.75, 3.05) is 6.54 Å². The molecule has 1 aromatic carbocycles. The van der Waals surface area contributed by atoms with E-state index in [1.54, 1.807) is 0 Å². The van der Waals surface area contributed by atoms with Crippen molar-refractivity contribution in [1.29, 1.82) is 0 Å². The number of benzene rings is 1. The van der Waals surface area contributed by atoms with Crippen LogP contribution in [0.2, 0.25) is 0 Å². The van der Waals surface area contributed by atoms with E-state index in [-0.39, 0.29) is 0 Å². The Hall–Kier alpha value is -0.820. The summed E-state index contributed by atoms with van der Waals surface area (Å²) in [5.41, 5.74) is 1.99. The average Bonchev–Trinajstić information content (AvgIpc) is 2.86. The van der Waals surface area contributed by atoms with Crippen LogP contribution in [-0.4, -0.2) is 6.54 Å². The van der Waals surface area contributed by atoms with Gasteiger partial charge in [0.15, 0.2) is 0 Å². The molecule has 0 radical (unpaired) electrons. The molecule has 0 saturated heterocycles. The second kappa shape index (κ2) is 5.68. The van der Waals surface area contributed by atoms with Crippen molar-refractivity contribution in [3.63, 3.8) is 0 Å². The molecule has 1 aromatic rings. The smallest absolute Gasteiger partial charge is 0.0292 e. The van der Waals surface area contributed by atoms with Gasteiger partial charge in [-0.2, -0.15) is 0 Å². The largest absolute Gasteiger partial charge is 0.310 e. The molecule has 1 unspecified atom stereocenters. The summed E-state index contributed by atoms with van der Waals surface area (Å²) < 4.78 is 0. The summed E-state index contributed by atoms with van der Waals surface area (Å²) in [6, 6.07) is 11.2. The minimum Gasteiger partial charge on any atom is -0.310 e. The zero-order chi connectivity index (χ0) is 12.1. The highest BCUT2D eigenvalue weighted by Crippen LogP contribution is 2.40. The van der Waals surface area contributed by atoms with Crippen LogP contribution in [0.4, 0.5) is 0 Å². The monoisotopic (exact) mass is 231 g/mol. The summed E-state index contributed by atoms with van der Waals surface area (Å²) in [5.74, 6) is 0. The van der Waals surface area contributed by atoms with Gasteiger partial charge in [0.1, 0.15) is 0 Å². The maximum Gasteiger partial charge on any atom is 0.0292 e. The predicted molar refractivity (Wildman–Crippen MR) is 74.1 cm³/mol. The predicted octanol–water partition coefficient (Wildman–Crippen LogP) is 4.31. The van der Waals surface area contributed by atoms with Crippen molar-refractivity contribution in [3.05, 3.63) is 35.9 Å². The van der Waals surface area contributed by atoms with Crippen molar-refractivity contribution in [2.45, 2.75) is 52.0 Å². The molecule has 1 saturated carbocycles. The first kappa shape index (κ1) is 12.6. The molecule has 0 amide bonds. The Kier molecular flexibility index (Phi) is 4.22. The minimum atomic E-state index is 0.472. The molecule has 1 N–H and O–H groups in total. The molecule has 2 rings (SSSR count). The molecule has 1 atom stereocenters. The highest BCUT2D eigenvalue weighted by molar-refractivity contribution is 5.18. The lowest BCUT2D eigenvalue weighted by Crippen LogP contribution is -2.33. The van der Waals surface area contributed by atoms with Crippen LogP contribution >= 0.6 is 0 Å². The molecule has 0 aromatic heterocycles. The van der Waals surface area contributed by atoms with Crippen molar-refractivity contribution in [2.24, 2.45) is 5.41 Å². The van der Waals surface area contributed by atoms with Crippen LogP contribution in [0, 0.1) is 5.41 Å². The summed E-state index contributed by atoms with van der Waals surface area (Å²) >= 11 is 0. The standard InChI is InChI=1S/C16H25N/c1-3-16(11-7-8-12-16)13-17-14(2)15-9-5-4-6-10-15/h4-6,9-10,14,17H,3,7-8,11-13H2,1-2H3. The molecular weight excluding hydrogens is 206 g/mol. The van der Waals surface area contributed by atoms with Gasteiger partial charge in [-0.25, -0.2) is 0 Å². The molecule has 94 valence electrons. The Bertz CT molecular complexity index is 325. The molecule has 1 fully saturated rings. The zero-order valence-corrected chi connectivity index (χ0v) is 11.2. The normalized spacial score (nSPS) is 20.4. The van der Waals surface area contributed by atoms with Gasteiger partial charge in [-0.15, -0.1) is 0 Å². The van der Waals surface area contributed by atoms with Crippen molar-refractivity contribution >= 4 is 0 Å². The maximum atomic E-state index is 3.73. The van der Waals surface area contributed by atoms with Gasteiger partial charge in [0.05, 0.1) is 0 Å². The third-order valence-corrected chi connectivity index (χ3v) is 4.50. The van der Waals surface area contributed by atoms with Crippen LogP contribution in [0.15, 0.2) is 30.3 Å². The van der Waals surface area contributed by atoms with E-state index in [2.05, 4.69) is 49.5 Å². The zero-order valence-electron chi connectivity index (χ0n) is 11.2. The van der Waals surface area contributed by atoms with Crippen molar-refractivity contribution < 1.29 is 0 Å². The van der Waals surface area contributed by atoms with Crippen LogP contribution in [0.25, 0.3) is 0 Å². The summed E-state index contributed by atoms with van der Waals surface area (Å²) in [6.07, 6.45) is 7.00. The summed E-state index contributed by atoms with van der Waals surface area (Å²) in [4.78, 5) is 0. The lowest BCUT2D eigenvalue weighted by molar-refractivity contribution is 0.259. The molecule has 0 bridgehead atoms. The summed E-state index contributed by atoms with van der Waals surface area (Å²) in [5, 5.41) is 3.73. The summed E-state index contributed by atoms with van der Waals surface area (Å²) in [6.45, 7) is 5.80. The van der Waals surface area contributed by atoms with E-state index in [1.165, 1.54) is 44.2 Å². The molecule has 0 spiro atoms. The van der Waals surface area contributed by atoms with Gasteiger partial charge < -0.3 is 5.32 Å². The molecule has 1 nitrogen and oxygen atoms in total. The minimum absolute atomic E-state index is 0.472. The Morgan fingerprint density at radius 3 is 2.41 bits per heavy atom. The van der Waals surface area contributed by atoms with Gasteiger partial charge in [-0.1, -0.05) is 50.1 Å². The quantitative estimate of drug-likeness (QED) is 0.796. The van der Waals surface area contributed by atoms with Crippen molar-refractivity contribution in [3.8, 4) is 0 Å². The Labute approximate surface area is 106 Å². The molecule has 1 heteroatoms. The number of nitrogens with one attached hydrogen (secondary N) is 1. The van der Waals surface area contributed by atoms with E-state index in [0.717, 1.165) is 0 Å². The van der Waals surface area contributed by atoms with E-state index < -0.39 is 0 Å². The third kappa shape index (κ3) is 3.10.